The summed E-state index contributed by atoms with van der Waals surface area (Å²) in [6, 6.07) is 0. The first-order valence-electron chi connectivity index (χ1n) is 1.76. The van der Waals surface area contributed by atoms with E-state index in [1.807, 2.05) is 0 Å². The molecule has 1 aromatic heterocycles. The summed E-state index contributed by atoms with van der Waals surface area (Å²) >= 11 is 3.88. The Hall–Kier alpha value is 0.534. The molecule has 0 aliphatic carbocycles. The Morgan fingerprint density at radius 1 is 1.62 bits per heavy atom. The molecular formula is C4H3N2SY-. The molecule has 2 nitrogen and oxygen atoms in total. The number of hydrogen-bond acceptors (Lipinski definition) is 3. The van der Waals surface area contributed by atoms with Gasteiger partial charge in [-0.2, -0.15) is 0 Å². The van der Waals surface area contributed by atoms with Gasteiger partial charge in [0, 0.05) is 32.7 Å². The Labute approximate surface area is 78.4 Å². The van der Waals surface area contributed by atoms with Crippen molar-refractivity contribution in [3.63, 3.8) is 0 Å². The molecule has 1 heterocycles. The zero-order chi connectivity index (χ0) is 5.11. The fourth-order valence-corrected chi connectivity index (χ4v) is 0.386. The van der Waals surface area contributed by atoms with Crippen molar-refractivity contribution in [3.8, 4) is 0 Å². The number of hydrogen-bond donors (Lipinski definition) is 1. The summed E-state index contributed by atoms with van der Waals surface area (Å²) in [5.74, 6) is 0. The van der Waals surface area contributed by atoms with Crippen LogP contribution in [-0.2, 0) is 32.7 Å². The van der Waals surface area contributed by atoms with Crippen LogP contribution in [0.3, 0.4) is 0 Å². The minimum atomic E-state index is 0. The van der Waals surface area contributed by atoms with Crippen molar-refractivity contribution in [1.29, 1.82) is 0 Å². The average molecular weight is 200 g/mol. The molecule has 1 radical (unpaired) electrons. The van der Waals surface area contributed by atoms with E-state index in [4.69, 9.17) is 0 Å². The van der Waals surface area contributed by atoms with Crippen molar-refractivity contribution in [3.05, 3.63) is 18.6 Å². The Kier molecular flexibility index (Phi) is 4.71. The van der Waals surface area contributed by atoms with Gasteiger partial charge in [0.1, 0.15) is 0 Å². The Bertz CT molecular complexity index is 144. The first kappa shape index (κ1) is 8.53. The molecule has 1 rings (SSSR count). The van der Waals surface area contributed by atoms with E-state index in [2.05, 4.69) is 28.8 Å². The number of rotatable bonds is 0. The standard InChI is InChI=1S/C4H3N2S.Y/c7-4-3-5-1-2-6-4;/h1,3H,(H,6,7);/q-1;. The largest absolute Gasteiger partial charge is 0.443 e. The van der Waals surface area contributed by atoms with Gasteiger partial charge in [0.05, 0.1) is 0 Å². The Morgan fingerprint density at radius 2 is 2.38 bits per heavy atom. The van der Waals surface area contributed by atoms with Gasteiger partial charge in [-0.15, -0.1) is 6.20 Å². The molecule has 4 heteroatoms. The molecule has 0 spiro atoms. The third kappa shape index (κ3) is 2.75. The maximum Gasteiger partial charge on any atom is 0 e. The summed E-state index contributed by atoms with van der Waals surface area (Å²) in [7, 11) is 0. The monoisotopic (exact) mass is 200 g/mol. The molecule has 0 bridgehead atoms. The molecule has 0 fully saturated rings. The maximum atomic E-state index is 3.88. The smallest absolute Gasteiger partial charge is 0 e. The Balaban J connectivity index is 0.000000490. The second-order valence-electron chi connectivity index (χ2n) is 1.01. The molecule has 0 aromatic carbocycles. The van der Waals surface area contributed by atoms with Crippen LogP contribution in [0.15, 0.2) is 17.4 Å². The van der Waals surface area contributed by atoms with Crippen LogP contribution >= 0.6 is 12.6 Å². The van der Waals surface area contributed by atoms with Crippen LogP contribution in [0.2, 0.25) is 0 Å². The zero-order valence-corrected chi connectivity index (χ0v) is 7.81. The molecule has 0 saturated carbocycles. The topological polar surface area (TPSA) is 25.8 Å². The van der Waals surface area contributed by atoms with Gasteiger partial charge in [-0.3, -0.25) is 4.98 Å². The fraction of sp³-hybridized carbons (Fsp3) is 0. The van der Waals surface area contributed by atoms with Crippen LogP contribution in [0.4, 0.5) is 0 Å². The van der Waals surface area contributed by atoms with Crippen molar-refractivity contribution in [1.82, 2.24) is 9.97 Å². The summed E-state index contributed by atoms with van der Waals surface area (Å²) < 4.78 is 0. The van der Waals surface area contributed by atoms with E-state index in [-0.39, 0.29) is 32.7 Å². The van der Waals surface area contributed by atoms with E-state index in [0.717, 1.165) is 0 Å². The minimum absolute atomic E-state index is 0. The van der Waals surface area contributed by atoms with Gasteiger partial charge in [0.2, 0.25) is 0 Å². The summed E-state index contributed by atoms with van der Waals surface area (Å²) in [6.07, 6.45) is 5.56. The predicted molar refractivity (Wildman–Crippen MR) is 28.1 cm³/mol. The summed E-state index contributed by atoms with van der Waals surface area (Å²) in [4.78, 5) is 7.35. The first-order valence-corrected chi connectivity index (χ1v) is 2.21. The second kappa shape index (κ2) is 4.42. The molecule has 39 valence electrons. The number of nitrogens with zero attached hydrogens (tertiary/aromatic N) is 2. The van der Waals surface area contributed by atoms with Crippen LogP contribution < -0.4 is 0 Å². The van der Waals surface area contributed by atoms with Crippen LogP contribution in [0.25, 0.3) is 0 Å². The summed E-state index contributed by atoms with van der Waals surface area (Å²) in [6.45, 7) is 0. The Morgan fingerprint density at radius 3 is 2.62 bits per heavy atom. The van der Waals surface area contributed by atoms with Crippen LogP contribution in [-0.4, -0.2) is 9.97 Å². The third-order valence-electron chi connectivity index (χ3n) is 0.501. The molecule has 0 atom stereocenters. The van der Waals surface area contributed by atoms with Crippen molar-refractivity contribution < 1.29 is 32.7 Å². The molecule has 1 aromatic rings. The van der Waals surface area contributed by atoms with Crippen molar-refractivity contribution in [2.45, 2.75) is 5.03 Å². The average Bonchev–Trinajstić information content (AvgIpc) is 1.69. The van der Waals surface area contributed by atoms with Gasteiger partial charge in [0.25, 0.3) is 0 Å². The quantitative estimate of drug-likeness (QED) is 0.489. The van der Waals surface area contributed by atoms with Gasteiger partial charge in [-0.05, 0) is 17.4 Å². The van der Waals surface area contributed by atoms with E-state index in [1.54, 1.807) is 6.20 Å². The van der Waals surface area contributed by atoms with E-state index in [9.17, 15) is 0 Å². The van der Waals surface area contributed by atoms with Gasteiger partial charge >= 0.3 is 0 Å². The van der Waals surface area contributed by atoms with Crippen molar-refractivity contribution >= 4 is 12.6 Å². The molecule has 0 amide bonds. The SMILES string of the molecule is Sc1cnc[c-]n1.[Y]. The van der Waals surface area contributed by atoms with Crippen molar-refractivity contribution in [2.24, 2.45) is 0 Å². The molecular weight excluding hydrogens is 197 g/mol. The summed E-state index contributed by atoms with van der Waals surface area (Å²) in [5, 5.41) is 0.600. The van der Waals surface area contributed by atoms with Crippen LogP contribution in [0, 0.1) is 6.20 Å². The fourth-order valence-electron chi connectivity index (χ4n) is 0.261. The molecule has 0 N–H and O–H groups in total. The molecule has 0 unspecified atom stereocenters. The molecule has 0 aliphatic heterocycles. The molecule has 0 saturated heterocycles. The van der Waals surface area contributed by atoms with E-state index in [0.29, 0.717) is 5.03 Å². The van der Waals surface area contributed by atoms with Gasteiger partial charge < -0.3 is 4.98 Å². The zero-order valence-electron chi connectivity index (χ0n) is 4.07. The normalized spacial score (nSPS) is 7.62. The molecule has 0 aliphatic rings. The molecule has 8 heavy (non-hydrogen) atoms. The van der Waals surface area contributed by atoms with E-state index < -0.39 is 0 Å². The van der Waals surface area contributed by atoms with Gasteiger partial charge in [0.15, 0.2) is 0 Å². The minimum Gasteiger partial charge on any atom is -0.443 e. The maximum absolute atomic E-state index is 3.88. The van der Waals surface area contributed by atoms with Gasteiger partial charge in [-0.1, -0.05) is 0 Å². The van der Waals surface area contributed by atoms with E-state index >= 15 is 0 Å². The van der Waals surface area contributed by atoms with Crippen molar-refractivity contribution in [2.75, 3.05) is 0 Å². The van der Waals surface area contributed by atoms with Crippen LogP contribution in [0.5, 0.6) is 0 Å². The number of aromatic nitrogens is 2. The predicted octanol–water partition coefficient (Wildman–Crippen LogP) is 0.563. The number of thiol groups is 1. The third-order valence-corrected chi connectivity index (χ3v) is 0.717. The van der Waals surface area contributed by atoms with Crippen LogP contribution in [0.1, 0.15) is 0 Å². The summed E-state index contributed by atoms with van der Waals surface area (Å²) in [5.41, 5.74) is 0. The second-order valence-corrected chi connectivity index (χ2v) is 1.46. The van der Waals surface area contributed by atoms with E-state index in [1.165, 1.54) is 6.20 Å². The van der Waals surface area contributed by atoms with Gasteiger partial charge in [-0.25, -0.2) is 12.6 Å². The first-order chi connectivity index (χ1) is 3.39.